The smallest absolute Gasteiger partial charge is 0.250 e. The van der Waals surface area contributed by atoms with Gasteiger partial charge in [0, 0.05) is 25.2 Å². The van der Waals surface area contributed by atoms with E-state index in [2.05, 4.69) is 12.2 Å². The molecule has 5 nitrogen and oxygen atoms in total. The van der Waals surface area contributed by atoms with E-state index in [-0.39, 0.29) is 17.6 Å². The van der Waals surface area contributed by atoms with Gasteiger partial charge >= 0.3 is 0 Å². The third kappa shape index (κ3) is 4.70. The van der Waals surface area contributed by atoms with Gasteiger partial charge in [0.1, 0.15) is 0 Å². The van der Waals surface area contributed by atoms with Gasteiger partial charge in [-0.25, -0.2) is 0 Å². The lowest BCUT2D eigenvalue weighted by atomic mass is 10.1. The second-order valence-corrected chi connectivity index (χ2v) is 5.68. The lowest BCUT2D eigenvalue weighted by Gasteiger charge is -2.11. The van der Waals surface area contributed by atoms with Crippen molar-refractivity contribution in [3.63, 3.8) is 0 Å². The van der Waals surface area contributed by atoms with Crippen molar-refractivity contribution >= 4 is 11.6 Å². The van der Waals surface area contributed by atoms with Crippen molar-refractivity contribution in [2.75, 3.05) is 5.32 Å². The normalized spacial score (nSPS) is 21.4. The Balaban J connectivity index is 1.84. The summed E-state index contributed by atoms with van der Waals surface area (Å²) in [5.74, 6) is -0.0279. The van der Waals surface area contributed by atoms with Crippen molar-refractivity contribution in [1.29, 1.82) is 0 Å². The summed E-state index contributed by atoms with van der Waals surface area (Å²) >= 11 is 0. The number of rotatable bonds is 6. The SMILES string of the molecule is CCCn1cc(NC(=O)CC[C@H]2CC[C@H](C)O2)ccc1=O. The van der Waals surface area contributed by atoms with Gasteiger partial charge in [-0.2, -0.15) is 0 Å². The van der Waals surface area contributed by atoms with Gasteiger partial charge in [-0.15, -0.1) is 0 Å². The molecule has 1 fully saturated rings. The standard InChI is InChI=1S/C16H24N2O3/c1-3-10-18-11-13(5-9-16(18)20)17-15(19)8-7-14-6-4-12(2)21-14/h5,9,11-12,14H,3-4,6-8,10H2,1-2H3,(H,17,19)/t12-,14+/m0/s1. The number of amides is 1. The molecule has 0 aromatic carbocycles. The van der Waals surface area contributed by atoms with Crippen LogP contribution in [0.2, 0.25) is 0 Å². The Morgan fingerprint density at radius 1 is 1.43 bits per heavy atom. The van der Waals surface area contributed by atoms with E-state index >= 15 is 0 Å². The molecule has 21 heavy (non-hydrogen) atoms. The lowest BCUT2D eigenvalue weighted by Crippen LogP contribution is -2.21. The fraction of sp³-hybridized carbons (Fsp3) is 0.625. The molecule has 1 aliphatic rings. The Hall–Kier alpha value is -1.62. The second-order valence-electron chi connectivity index (χ2n) is 5.68. The maximum absolute atomic E-state index is 12.0. The van der Waals surface area contributed by atoms with Gasteiger partial charge in [-0.1, -0.05) is 6.92 Å². The fourth-order valence-electron chi connectivity index (χ4n) is 2.63. The third-order valence-corrected chi connectivity index (χ3v) is 3.75. The number of pyridine rings is 1. The van der Waals surface area contributed by atoms with E-state index in [4.69, 9.17) is 4.74 Å². The number of carbonyl (C=O) groups is 1. The number of ether oxygens (including phenoxy) is 1. The van der Waals surface area contributed by atoms with Crippen molar-refractivity contribution in [2.45, 2.75) is 64.7 Å². The van der Waals surface area contributed by atoms with Crippen LogP contribution >= 0.6 is 0 Å². The summed E-state index contributed by atoms with van der Waals surface area (Å²) < 4.78 is 7.33. The van der Waals surface area contributed by atoms with Gasteiger partial charge in [-0.3, -0.25) is 9.59 Å². The highest BCUT2D eigenvalue weighted by Gasteiger charge is 2.22. The lowest BCUT2D eigenvalue weighted by molar-refractivity contribution is -0.116. The summed E-state index contributed by atoms with van der Waals surface area (Å²) in [6.45, 7) is 4.74. The van der Waals surface area contributed by atoms with E-state index in [0.29, 0.717) is 24.8 Å². The summed E-state index contributed by atoms with van der Waals surface area (Å²) in [5, 5.41) is 2.85. The molecule has 1 amide bonds. The largest absolute Gasteiger partial charge is 0.375 e. The fourth-order valence-corrected chi connectivity index (χ4v) is 2.63. The van der Waals surface area contributed by atoms with Crippen LogP contribution in [-0.4, -0.2) is 22.7 Å². The number of anilines is 1. The minimum absolute atomic E-state index is 0.0279. The van der Waals surface area contributed by atoms with Crippen molar-refractivity contribution in [3.05, 3.63) is 28.7 Å². The van der Waals surface area contributed by atoms with Crippen LogP contribution in [0.25, 0.3) is 0 Å². The molecule has 116 valence electrons. The van der Waals surface area contributed by atoms with E-state index < -0.39 is 0 Å². The van der Waals surface area contributed by atoms with Crippen LogP contribution in [0, 0.1) is 0 Å². The summed E-state index contributed by atoms with van der Waals surface area (Å²) in [4.78, 5) is 23.6. The first kappa shape index (κ1) is 15.8. The minimum Gasteiger partial charge on any atom is -0.375 e. The van der Waals surface area contributed by atoms with Crippen molar-refractivity contribution < 1.29 is 9.53 Å². The predicted molar refractivity (Wildman–Crippen MR) is 82.4 cm³/mol. The maximum Gasteiger partial charge on any atom is 0.250 e. The van der Waals surface area contributed by atoms with Crippen molar-refractivity contribution in [1.82, 2.24) is 4.57 Å². The van der Waals surface area contributed by atoms with Crippen LogP contribution in [-0.2, 0) is 16.1 Å². The number of aromatic nitrogens is 1. The zero-order valence-corrected chi connectivity index (χ0v) is 12.8. The van der Waals surface area contributed by atoms with Crippen LogP contribution in [0.4, 0.5) is 5.69 Å². The molecular weight excluding hydrogens is 268 g/mol. The van der Waals surface area contributed by atoms with Gasteiger partial charge in [0.05, 0.1) is 17.9 Å². The van der Waals surface area contributed by atoms with Gasteiger partial charge in [0.2, 0.25) is 5.91 Å². The number of carbonyl (C=O) groups excluding carboxylic acids is 1. The second kappa shape index (κ2) is 7.41. The molecule has 0 unspecified atom stereocenters. The molecule has 2 rings (SSSR count). The first-order valence-corrected chi connectivity index (χ1v) is 7.74. The van der Waals surface area contributed by atoms with Crippen molar-refractivity contribution in [3.8, 4) is 0 Å². The molecule has 0 saturated carbocycles. The maximum atomic E-state index is 12.0. The molecule has 1 aromatic heterocycles. The number of aryl methyl sites for hydroxylation is 1. The number of nitrogens with zero attached hydrogens (tertiary/aromatic N) is 1. The molecule has 2 heterocycles. The third-order valence-electron chi connectivity index (χ3n) is 3.75. The molecule has 1 aromatic rings. The Morgan fingerprint density at radius 3 is 2.90 bits per heavy atom. The Morgan fingerprint density at radius 2 is 2.24 bits per heavy atom. The molecule has 1 N–H and O–H groups in total. The van der Waals surface area contributed by atoms with Gasteiger partial charge in [-0.05, 0) is 38.7 Å². The summed E-state index contributed by atoms with van der Waals surface area (Å²) in [6.07, 6.45) is 6.43. The first-order chi connectivity index (χ1) is 10.1. The highest BCUT2D eigenvalue weighted by atomic mass is 16.5. The first-order valence-electron chi connectivity index (χ1n) is 7.74. The molecule has 0 spiro atoms. The van der Waals surface area contributed by atoms with Crippen LogP contribution < -0.4 is 10.9 Å². The van der Waals surface area contributed by atoms with Crippen molar-refractivity contribution in [2.24, 2.45) is 0 Å². The van der Waals surface area contributed by atoms with Crippen LogP contribution in [0.15, 0.2) is 23.1 Å². The predicted octanol–water partition coefficient (Wildman–Crippen LogP) is 2.54. The summed E-state index contributed by atoms with van der Waals surface area (Å²) in [7, 11) is 0. The minimum atomic E-state index is -0.0387. The zero-order valence-electron chi connectivity index (χ0n) is 12.8. The summed E-state index contributed by atoms with van der Waals surface area (Å²) in [6, 6.07) is 3.15. The van der Waals surface area contributed by atoms with Gasteiger partial charge in [0.25, 0.3) is 5.56 Å². The quantitative estimate of drug-likeness (QED) is 0.876. The van der Waals surface area contributed by atoms with E-state index in [9.17, 15) is 9.59 Å². The van der Waals surface area contributed by atoms with Gasteiger partial charge in [0.15, 0.2) is 0 Å². The molecule has 2 atom stereocenters. The molecule has 0 radical (unpaired) electrons. The molecule has 0 aliphatic carbocycles. The van der Waals surface area contributed by atoms with Crippen LogP contribution in [0.3, 0.4) is 0 Å². The number of nitrogens with one attached hydrogen (secondary N) is 1. The molecule has 1 aliphatic heterocycles. The highest BCUT2D eigenvalue weighted by molar-refractivity contribution is 5.90. The number of hydrogen-bond acceptors (Lipinski definition) is 3. The Labute approximate surface area is 125 Å². The van der Waals surface area contributed by atoms with Crippen LogP contribution in [0.1, 0.15) is 46.0 Å². The molecule has 1 saturated heterocycles. The Bertz CT molecular complexity index is 539. The Kier molecular flexibility index (Phi) is 5.56. The van der Waals surface area contributed by atoms with E-state index in [0.717, 1.165) is 25.7 Å². The monoisotopic (exact) mass is 292 g/mol. The summed E-state index contributed by atoms with van der Waals surface area (Å²) in [5.41, 5.74) is 0.636. The molecule has 0 bridgehead atoms. The zero-order chi connectivity index (χ0) is 15.2. The average Bonchev–Trinajstić information content (AvgIpc) is 2.86. The van der Waals surface area contributed by atoms with E-state index in [1.165, 1.54) is 6.07 Å². The van der Waals surface area contributed by atoms with E-state index in [1.807, 2.05) is 6.92 Å². The van der Waals surface area contributed by atoms with E-state index in [1.54, 1.807) is 16.8 Å². The average molecular weight is 292 g/mol. The number of hydrogen-bond donors (Lipinski definition) is 1. The highest BCUT2D eigenvalue weighted by Crippen LogP contribution is 2.22. The molecular formula is C16H24N2O3. The van der Waals surface area contributed by atoms with Gasteiger partial charge < -0.3 is 14.6 Å². The topological polar surface area (TPSA) is 60.3 Å². The molecule has 5 heteroatoms. The van der Waals surface area contributed by atoms with Crippen LogP contribution in [0.5, 0.6) is 0 Å².